The summed E-state index contributed by atoms with van der Waals surface area (Å²) in [7, 11) is 3.47. The predicted molar refractivity (Wildman–Crippen MR) is 81.1 cm³/mol. The first kappa shape index (κ1) is 13.6. The molecule has 108 valence electrons. The van der Waals surface area contributed by atoms with E-state index in [-0.39, 0.29) is 5.82 Å². The average Bonchev–Trinajstić information content (AvgIpc) is 2.93. The van der Waals surface area contributed by atoms with Crippen LogP contribution in [0.3, 0.4) is 0 Å². The van der Waals surface area contributed by atoms with Crippen LogP contribution in [0, 0.1) is 5.82 Å². The minimum Gasteiger partial charge on any atom is -0.360 e. The van der Waals surface area contributed by atoms with E-state index in [1.165, 1.54) is 11.7 Å². The van der Waals surface area contributed by atoms with Crippen LogP contribution in [-0.2, 0) is 6.54 Å². The van der Waals surface area contributed by atoms with E-state index < -0.39 is 5.82 Å². The molecule has 0 aliphatic heterocycles. The monoisotopic (exact) mass is 304 g/mol. The van der Waals surface area contributed by atoms with Gasteiger partial charge in [0.2, 0.25) is 5.95 Å². The van der Waals surface area contributed by atoms with Gasteiger partial charge in [0.05, 0.1) is 17.9 Å². The van der Waals surface area contributed by atoms with Crippen molar-refractivity contribution < 1.29 is 4.39 Å². The molecule has 0 saturated heterocycles. The standard InChI is InChI=1S/C13H13FN6S/c1-20(2)12-9(14)7-16-13(17-12)15-6-8-3-4-10-11(5-8)19-21-18-10/h3-5,7H,6H2,1-2H3,(H,15,16,17). The van der Waals surface area contributed by atoms with Crippen LogP contribution in [0.5, 0.6) is 0 Å². The maximum atomic E-state index is 13.5. The van der Waals surface area contributed by atoms with Crippen LogP contribution in [0.2, 0.25) is 0 Å². The normalized spacial score (nSPS) is 10.8. The number of nitrogens with one attached hydrogen (secondary N) is 1. The number of benzene rings is 1. The molecule has 0 atom stereocenters. The summed E-state index contributed by atoms with van der Waals surface area (Å²) in [6, 6.07) is 5.85. The molecular formula is C13H13FN6S. The van der Waals surface area contributed by atoms with E-state index in [1.807, 2.05) is 18.2 Å². The van der Waals surface area contributed by atoms with Crippen molar-refractivity contribution in [3.8, 4) is 0 Å². The summed E-state index contributed by atoms with van der Waals surface area (Å²) in [5.74, 6) is 0.198. The molecule has 0 saturated carbocycles. The largest absolute Gasteiger partial charge is 0.360 e. The fourth-order valence-electron chi connectivity index (χ4n) is 1.88. The average molecular weight is 304 g/mol. The van der Waals surface area contributed by atoms with Crippen LogP contribution in [0.4, 0.5) is 16.2 Å². The first-order chi connectivity index (χ1) is 10.1. The topological polar surface area (TPSA) is 66.8 Å². The Morgan fingerprint density at radius 2 is 2.05 bits per heavy atom. The van der Waals surface area contributed by atoms with Crippen molar-refractivity contribution in [1.82, 2.24) is 18.7 Å². The van der Waals surface area contributed by atoms with Crippen LogP contribution >= 0.6 is 11.7 Å². The van der Waals surface area contributed by atoms with Gasteiger partial charge in [0, 0.05) is 20.6 Å². The Bertz CT molecular complexity index is 772. The molecule has 0 amide bonds. The number of hydrogen-bond donors (Lipinski definition) is 1. The smallest absolute Gasteiger partial charge is 0.225 e. The van der Waals surface area contributed by atoms with Crippen LogP contribution in [0.1, 0.15) is 5.56 Å². The summed E-state index contributed by atoms with van der Waals surface area (Å²) in [6.45, 7) is 0.534. The van der Waals surface area contributed by atoms with Gasteiger partial charge in [0.15, 0.2) is 11.6 Å². The number of rotatable bonds is 4. The van der Waals surface area contributed by atoms with Gasteiger partial charge in [-0.15, -0.1) is 0 Å². The van der Waals surface area contributed by atoms with Crippen LogP contribution in [0.15, 0.2) is 24.4 Å². The number of halogens is 1. The molecule has 21 heavy (non-hydrogen) atoms. The lowest BCUT2D eigenvalue weighted by atomic mass is 10.2. The summed E-state index contributed by atoms with van der Waals surface area (Å²) in [6.07, 6.45) is 1.16. The first-order valence-electron chi connectivity index (χ1n) is 6.28. The minimum absolute atomic E-state index is 0.256. The highest BCUT2D eigenvalue weighted by atomic mass is 32.1. The molecule has 0 spiro atoms. The van der Waals surface area contributed by atoms with Gasteiger partial charge in [-0.1, -0.05) is 6.07 Å². The van der Waals surface area contributed by atoms with Gasteiger partial charge >= 0.3 is 0 Å². The molecular weight excluding hydrogens is 291 g/mol. The van der Waals surface area contributed by atoms with Gasteiger partial charge in [-0.05, 0) is 17.7 Å². The number of fused-ring (bicyclic) bond motifs is 1. The van der Waals surface area contributed by atoms with Crippen molar-refractivity contribution in [3.63, 3.8) is 0 Å². The van der Waals surface area contributed by atoms with E-state index in [2.05, 4.69) is 24.0 Å². The highest BCUT2D eigenvalue weighted by molar-refractivity contribution is 7.00. The molecule has 0 unspecified atom stereocenters. The zero-order chi connectivity index (χ0) is 14.8. The van der Waals surface area contributed by atoms with E-state index in [1.54, 1.807) is 19.0 Å². The molecule has 0 fully saturated rings. The molecule has 1 aromatic carbocycles. The van der Waals surface area contributed by atoms with Crippen molar-refractivity contribution in [2.45, 2.75) is 6.54 Å². The lowest BCUT2D eigenvalue weighted by Gasteiger charge is -2.13. The lowest BCUT2D eigenvalue weighted by Crippen LogP contribution is -2.15. The van der Waals surface area contributed by atoms with Gasteiger partial charge in [-0.3, -0.25) is 0 Å². The Balaban J connectivity index is 1.76. The van der Waals surface area contributed by atoms with Crippen LogP contribution in [-0.4, -0.2) is 32.8 Å². The van der Waals surface area contributed by atoms with Gasteiger partial charge in [-0.25, -0.2) is 9.37 Å². The van der Waals surface area contributed by atoms with Crippen molar-refractivity contribution in [2.75, 3.05) is 24.3 Å². The Kier molecular flexibility index (Phi) is 3.61. The van der Waals surface area contributed by atoms with E-state index in [9.17, 15) is 4.39 Å². The third-order valence-corrected chi connectivity index (χ3v) is 3.47. The number of anilines is 2. The Labute approximate surface area is 125 Å². The third-order valence-electron chi connectivity index (χ3n) is 2.92. The fraction of sp³-hybridized carbons (Fsp3) is 0.231. The zero-order valence-electron chi connectivity index (χ0n) is 11.5. The first-order valence-corrected chi connectivity index (χ1v) is 7.01. The van der Waals surface area contributed by atoms with Gasteiger partial charge < -0.3 is 10.2 Å². The summed E-state index contributed by atoms with van der Waals surface area (Å²) in [5.41, 5.74) is 2.79. The van der Waals surface area contributed by atoms with E-state index >= 15 is 0 Å². The molecule has 8 heteroatoms. The molecule has 0 radical (unpaired) electrons. The Morgan fingerprint density at radius 3 is 2.86 bits per heavy atom. The molecule has 2 aromatic heterocycles. The van der Waals surface area contributed by atoms with Gasteiger partial charge in [0.25, 0.3) is 0 Å². The molecule has 0 aliphatic carbocycles. The second-order valence-corrected chi connectivity index (χ2v) is 5.23. The summed E-state index contributed by atoms with van der Waals surface area (Å²) in [5, 5.41) is 3.08. The molecule has 3 aromatic rings. The van der Waals surface area contributed by atoms with Crippen LogP contribution in [0.25, 0.3) is 11.0 Å². The molecule has 6 nitrogen and oxygen atoms in total. The second-order valence-electron chi connectivity index (χ2n) is 4.70. The van der Waals surface area contributed by atoms with Gasteiger partial charge in [0.1, 0.15) is 11.0 Å². The van der Waals surface area contributed by atoms with E-state index in [0.29, 0.717) is 12.5 Å². The summed E-state index contributed by atoms with van der Waals surface area (Å²) < 4.78 is 21.9. The maximum absolute atomic E-state index is 13.5. The Hall–Kier alpha value is -2.35. The highest BCUT2D eigenvalue weighted by Gasteiger charge is 2.08. The lowest BCUT2D eigenvalue weighted by molar-refractivity contribution is 0.612. The number of nitrogens with zero attached hydrogens (tertiary/aromatic N) is 5. The zero-order valence-corrected chi connectivity index (χ0v) is 12.4. The minimum atomic E-state index is -0.444. The summed E-state index contributed by atoms with van der Waals surface area (Å²) in [4.78, 5) is 9.69. The van der Waals surface area contributed by atoms with Crippen molar-refractivity contribution in [3.05, 3.63) is 35.8 Å². The second kappa shape index (κ2) is 5.57. The predicted octanol–water partition coefficient (Wildman–Crippen LogP) is 2.30. The molecule has 3 rings (SSSR count). The van der Waals surface area contributed by atoms with Crippen molar-refractivity contribution in [2.24, 2.45) is 0 Å². The molecule has 0 aliphatic rings. The maximum Gasteiger partial charge on any atom is 0.225 e. The number of hydrogen-bond acceptors (Lipinski definition) is 7. The summed E-state index contributed by atoms with van der Waals surface area (Å²) >= 11 is 1.19. The third kappa shape index (κ3) is 2.89. The fourth-order valence-corrected chi connectivity index (χ4v) is 2.39. The van der Waals surface area contributed by atoms with E-state index in [4.69, 9.17) is 0 Å². The molecule has 1 N–H and O–H groups in total. The quantitative estimate of drug-likeness (QED) is 0.798. The molecule has 2 heterocycles. The highest BCUT2D eigenvalue weighted by Crippen LogP contribution is 2.16. The van der Waals surface area contributed by atoms with Crippen molar-refractivity contribution in [1.29, 1.82) is 0 Å². The van der Waals surface area contributed by atoms with E-state index in [0.717, 1.165) is 22.8 Å². The Morgan fingerprint density at radius 1 is 1.24 bits per heavy atom. The van der Waals surface area contributed by atoms with Crippen LogP contribution < -0.4 is 10.2 Å². The molecule has 0 bridgehead atoms. The van der Waals surface area contributed by atoms with Crippen molar-refractivity contribution >= 4 is 34.5 Å². The van der Waals surface area contributed by atoms with Gasteiger partial charge in [-0.2, -0.15) is 13.7 Å². The number of aromatic nitrogens is 4. The SMILES string of the molecule is CN(C)c1nc(NCc2ccc3nsnc3c2)ncc1F.